The van der Waals surface area contributed by atoms with Crippen LogP contribution in [0, 0.1) is 0 Å². The van der Waals surface area contributed by atoms with Crippen molar-refractivity contribution in [1.82, 2.24) is 4.90 Å². The van der Waals surface area contributed by atoms with Gasteiger partial charge in [-0.25, -0.2) is 0 Å². The molecule has 3 aliphatic heterocycles. The van der Waals surface area contributed by atoms with E-state index >= 15 is 0 Å². The minimum atomic E-state index is -1.68. The minimum Gasteiger partial charge on any atom is -0.457 e. The first-order valence-electron chi connectivity index (χ1n) is 18.7. The molecule has 3 aliphatic rings. The summed E-state index contributed by atoms with van der Waals surface area (Å²) in [6, 6.07) is 17.0. The van der Waals surface area contributed by atoms with E-state index in [0.717, 1.165) is 43.7 Å². The first-order chi connectivity index (χ1) is 27.7. The van der Waals surface area contributed by atoms with Crippen LogP contribution in [-0.2, 0) is 89.3 Å². The molecule has 3 heterocycles. The number of nitrogens with zero attached hydrogens (tertiary/aromatic N) is 1. The predicted octanol–water partition coefficient (Wildman–Crippen LogP) is 2.70. The predicted molar refractivity (Wildman–Crippen MR) is 198 cm³/mol. The van der Waals surface area contributed by atoms with E-state index in [0.29, 0.717) is 0 Å². The van der Waals surface area contributed by atoms with E-state index < -0.39 is 97.0 Å². The SMILES string of the molecule is CO[C@H]1O[C@H](COCc2ccccc2)[C@@H](O[C@@H]2O[C@H](COCc3ccccc3)[C@@H](OC(C)=O)[C@H](OC(C)=O)[C@H]2OC(C)=O)[C@@H](OC(C)=O)[C@H]1N1C(=O)C(C)=C(C)C1=O. The van der Waals surface area contributed by atoms with Crippen molar-refractivity contribution in [2.24, 2.45) is 0 Å². The van der Waals surface area contributed by atoms with Crippen LogP contribution in [0.1, 0.15) is 52.7 Å². The Kier molecular flexibility index (Phi) is 15.3. The lowest BCUT2D eigenvalue weighted by Gasteiger charge is -2.50. The van der Waals surface area contributed by atoms with Crippen LogP contribution in [0.3, 0.4) is 0 Å². The van der Waals surface area contributed by atoms with Crippen LogP contribution < -0.4 is 0 Å². The Balaban J connectivity index is 1.57. The molecule has 0 aromatic heterocycles. The maximum absolute atomic E-state index is 13.7. The fourth-order valence-electron chi connectivity index (χ4n) is 7.02. The standard InChI is InChI=1S/C41H49NO16/c1-22-23(2)39(48)42(38(22)47)32-35(53-25(4)44)33(30(56-40(32)49-7)20-50-18-28-14-10-8-11-15-28)58-41-37(55-27(6)46)36(54-26(5)45)34(52-24(3)43)31(57-41)21-51-19-29-16-12-9-13-17-29/h8-17,30-37,40-41H,18-21H2,1-7H3/t30-,31-,32-,33-,34-,35+,36+,37-,40+,41+/m1/s1. The second-order valence-electron chi connectivity index (χ2n) is 13.9. The summed E-state index contributed by atoms with van der Waals surface area (Å²) in [5.74, 6) is -4.59. The Morgan fingerprint density at radius 3 is 1.45 bits per heavy atom. The number of imide groups is 1. The van der Waals surface area contributed by atoms with E-state index in [4.69, 9.17) is 47.4 Å². The van der Waals surface area contributed by atoms with Crippen molar-refractivity contribution >= 4 is 35.7 Å². The lowest BCUT2D eigenvalue weighted by molar-refractivity contribution is -0.353. The molecule has 2 saturated heterocycles. The lowest BCUT2D eigenvalue weighted by atomic mass is 9.93. The van der Waals surface area contributed by atoms with Gasteiger partial charge in [0.1, 0.15) is 24.4 Å². The van der Waals surface area contributed by atoms with E-state index in [1.54, 1.807) is 0 Å². The van der Waals surface area contributed by atoms with Crippen LogP contribution in [0.5, 0.6) is 0 Å². The van der Waals surface area contributed by atoms with Crippen molar-refractivity contribution in [3.8, 4) is 0 Å². The number of hydrogen-bond donors (Lipinski definition) is 0. The monoisotopic (exact) mass is 811 g/mol. The largest absolute Gasteiger partial charge is 0.457 e. The Morgan fingerprint density at radius 1 is 0.569 bits per heavy atom. The van der Waals surface area contributed by atoms with Gasteiger partial charge in [-0.05, 0) is 25.0 Å². The van der Waals surface area contributed by atoms with Gasteiger partial charge in [-0.2, -0.15) is 0 Å². The molecule has 17 heteroatoms. The summed E-state index contributed by atoms with van der Waals surface area (Å²) in [4.78, 5) is 78.9. The first-order valence-corrected chi connectivity index (χ1v) is 18.7. The fraction of sp³-hybridized carbons (Fsp3) is 0.512. The molecule has 58 heavy (non-hydrogen) atoms. The normalized spacial score (nSPS) is 28.6. The summed E-state index contributed by atoms with van der Waals surface area (Å²) in [5, 5.41) is 0. The second kappa shape index (κ2) is 20.1. The Bertz CT molecular complexity index is 1790. The van der Waals surface area contributed by atoms with E-state index in [2.05, 4.69) is 0 Å². The van der Waals surface area contributed by atoms with Crippen molar-refractivity contribution in [3.63, 3.8) is 0 Å². The number of benzene rings is 2. The number of carbonyl (C=O) groups is 6. The summed E-state index contributed by atoms with van der Waals surface area (Å²) < 4.78 is 60.1. The number of amides is 2. The van der Waals surface area contributed by atoms with E-state index in [1.807, 2.05) is 60.7 Å². The van der Waals surface area contributed by atoms with Gasteiger partial charge >= 0.3 is 23.9 Å². The van der Waals surface area contributed by atoms with Gasteiger partial charge in [0.2, 0.25) is 0 Å². The quantitative estimate of drug-likeness (QED) is 0.136. The highest BCUT2D eigenvalue weighted by atomic mass is 16.8. The van der Waals surface area contributed by atoms with Gasteiger partial charge in [-0.3, -0.25) is 33.7 Å². The third kappa shape index (κ3) is 10.7. The number of methoxy groups -OCH3 is 1. The molecule has 0 N–H and O–H groups in total. The van der Waals surface area contributed by atoms with Crippen molar-refractivity contribution < 1.29 is 76.1 Å². The maximum Gasteiger partial charge on any atom is 0.303 e. The molecule has 2 aromatic rings. The highest BCUT2D eigenvalue weighted by Crippen LogP contribution is 2.38. The molecule has 17 nitrogen and oxygen atoms in total. The molecule has 0 unspecified atom stereocenters. The topological polar surface area (TPSA) is 198 Å². The van der Waals surface area contributed by atoms with Gasteiger partial charge in [0.05, 0.1) is 26.4 Å². The Labute approximate surface area is 335 Å². The van der Waals surface area contributed by atoms with E-state index in [9.17, 15) is 28.8 Å². The minimum absolute atomic E-state index is 0.112. The average molecular weight is 812 g/mol. The fourth-order valence-corrected chi connectivity index (χ4v) is 7.02. The maximum atomic E-state index is 13.7. The molecule has 5 rings (SSSR count). The van der Waals surface area contributed by atoms with Crippen LogP contribution >= 0.6 is 0 Å². The summed E-state index contributed by atoms with van der Waals surface area (Å²) >= 11 is 0. The summed E-state index contributed by atoms with van der Waals surface area (Å²) in [6.07, 6.45) is -12.9. The number of hydrogen-bond acceptors (Lipinski definition) is 16. The highest BCUT2D eigenvalue weighted by Gasteiger charge is 2.59. The molecule has 2 amide bonds. The molecule has 10 atom stereocenters. The molecule has 2 aromatic carbocycles. The third-order valence-electron chi connectivity index (χ3n) is 9.66. The summed E-state index contributed by atoms with van der Waals surface area (Å²) in [7, 11) is 1.30. The van der Waals surface area contributed by atoms with Gasteiger partial charge in [0.15, 0.2) is 37.0 Å². The highest BCUT2D eigenvalue weighted by molar-refractivity contribution is 6.19. The molecule has 0 bridgehead atoms. The van der Waals surface area contributed by atoms with Gasteiger partial charge in [-0.15, -0.1) is 0 Å². The van der Waals surface area contributed by atoms with Crippen molar-refractivity contribution in [3.05, 3.63) is 82.9 Å². The van der Waals surface area contributed by atoms with E-state index in [1.165, 1.54) is 21.0 Å². The van der Waals surface area contributed by atoms with Crippen molar-refractivity contribution in [1.29, 1.82) is 0 Å². The third-order valence-corrected chi connectivity index (χ3v) is 9.66. The Hall–Kier alpha value is -5.04. The number of rotatable bonds is 16. The van der Waals surface area contributed by atoms with Gasteiger partial charge in [-0.1, -0.05) is 60.7 Å². The zero-order valence-corrected chi connectivity index (χ0v) is 33.4. The molecule has 0 saturated carbocycles. The number of carbonyl (C=O) groups excluding carboxylic acids is 6. The smallest absolute Gasteiger partial charge is 0.303 e. The zero-order chi connectivity index (χ0) is 42.1. The Morgan fingerprint density at radius 2 is 0.983 bits per heavy atom. The van der Waals surface area contributed by atoms with Crippen molar-refractivity contribution in [2.45, 2.75) is 116 Å². The van der Waals surface area contributed by atoms with Crippen LogP contribution in [0.15, 0.2) is 71.8 Å². The van der Waals surface area contributed by atoms with Gasteiger partial charge in [0.25, 0.3) is 11.8 Å². The van der Waals surface area contributed by atoms with Gasteiger partial charge < -0.3 is 47.4 Å². The molecule has 0 spiro atoms. The number of esters is 4. The van der Waals surface area contributed by atoms with Crippen LogP contribution in [-0.4, -0.2) is 122 Å². The first kappa shape index (κ1) is 44.1. The van der Waals surface area contributed by atoms with Crippen LogP contribution in [0.2, 0.25) is 0 Å². The second-order valence-corrected chi connectivity index (χ2v) is 13.9. The zero-order valence-electron chi connectivity index (χ0n) is 33.4. The molecule has 0 aliphatic carbocycles. The molecule has 314 valence electrons. The van der Waals surface area contributed by atoms with Crippen LogP contribution in [0.25, 0.3) is 0 Å². The summed E-state index contributed by atoms with van der Waals surface area (Å²) in [6.45, 7) is 7.24. The van der Waals surface area contributed by atoms with Gasteiger partial charge in [0, 0.05) is 46.0 Å². The van der Waals surface area contributed by atoms with E-state index in [-0.39, 0.29) is 37.6 Å². The van der Waals surface area contributed by atoms with Crippen LogP contribution in [0.4, 0.5) is 0 Å². The molecule has 0 radical (unpaired) electrons. The molecule has 2 fully saturated rings. The summed E-state index contributed by atoms with van der Waals surface area (Å²) in [5.41, 5.74) is 1.97. The molecular formula is C41H49NO16. The lowest BCUT2D eigenvalue weighted by Crippen LogP contribution is -2.69. The number of ether oxygens (including phenoxy) is 10. The molecular weight excluding hydrogens is 762 g/mol. The average Bonchev–Trinajstić information content (AvgIpc) is 3.36. The van der Waals surface area contributed by atoms with Crippen molar-refractivity contribution in [2.75, 3.05) is 20.3 Å².